The van der Waals surface area contributed by atoms with Gasteiger partial charge < -0.3 is 5.11 Å². The molecule has 1 aromatic heterocycles. The molecular formula is C7H7BrN2O2. The van der Waals surface area contributed by atoms with Gasteiger partial charge in [-0.15, -0.1) is 0 Å². The molecule has 0 radical (unpaired) electrons. The zero-order valence-corrected chi connectivity index (χ0v) is 8.00. The van der Waals surface area contributed by atoms with Gasteiger partial charge in [0.05, 0.1) is 6.42 Å². The first-order valence-corrected chi connectivity index (χ1v) is 4.08. The highest BCUT2D eigenvalue weighted by Crippen LogP contribution is 2.12. The third-order valence-electron chi connectivity index (χ3n) is 1.27. The largest absolute Gasteiger partial charge is 0.481 e. The monoisotopic (exact) mass is 230 g/mol. The second kappa shape index (κ2) is 3.62. The number of nitrogens with zero attached hydrogens (tertiary/aromatic N) is 2. The number of aromatic nitrogens is 2. The molecular weight excluding hydrogens is 224 g/mol. The van der Waals surface area contributed by atoms with Crippen molar-refractivity contribution in [1.29, 1.82) is 0 Å². The highest BCUT2D eigenvalue weighted by Gasteiger charge is 2.06. The average molecular weight is 231 g/mol. The number of halogens is 1. The van der Waals surface area contributed by atoms with E-state index in [4.69, 9.17) is 5.11 Å². The summed E-state index contributed by atoms with van der Waals surface area (Å²) in [7, 11) is 0. The van der Waals surface area contributed by atoms with E-state index in [1.165, 1.54) is 6.20 Å². The van der Waals surface area contributed by atoms with Crippen LogP contribution in [0.1, 0.15) is 11.4 Å². The summed E-state index contributed by atoms with van der Waals surface area (Å²) in [5.41, 5.74) is 0.591. The van der Waals surface area contributed by atoms with Gasteiger partial charge in [-0.2, -0.15) is 0 Å². The lowest BCUT2D eigenvalue weighted by molar-refractivity contribution is -0.136. The molecule has 4 nitrogen and oxygen atoms in total. The molecule has 0 aromatic carbocycles. The van der Waals surface area contributed by atoms with Gasteiger partial charge in [-0.25, -0.2) is 9.97 Å². The minimum Gasteiger partial charge on any atom is -0.481 e. The molecule has 0 fully saturated rings. The summed E-state index contributed by atoms with van der Waals surface area (Å²) in [6.45, 7) is 1.75. The Balaban J connectivity index is 2.93. The summed E-state index contributed by atoms with van der Waals surface area (Å²) in [5, 5.41) is 8.48. The highest BCUT2D eigenvalue weighted by atomic mass is 79.9. The van der Waals surface area contributed by atoms with Gasteiger partial charge in [-0.05, 0) is 22.9 Å². The van der Waals surface area contributed by atoms with Crippen molar-refractivity contribution in [2.75, 3.05) is 0 Å². The summed E-state index contributed by atoms with van der Waals surface area (Å²) < 4.78 is 0.553. The van der Waals surface area contributed by atoms with Crippen molar-refractivity contribution in [1.82, 2.24) is 9.97 Å². The van der Waals surface area contributed by atoms with Crippen molar-refractivity contribution < 1.29 is 9.90 Å². The van der Waals surface area contributed by atoms with Crippen molar-refractivity contribution in [3.63, 3.8) is 0 Å². The van der Waals surface area contributed by atoms with Crippen molar-refractivity contribution in [3.05, 3.63) is 22.2 Å². The van der Waals surface area contributed by atoms with E-state index in [2.05, 4.69) is 25.9 Å². The van der Waals surface area contributed by atoms with Crippen LogP contribution in [0.15, 0.2) is 10.8 Å². The summed E-state index contributed by atoms with van der Waals surface area (Å²) in [6, 6.07) is 0. The summed E-state index contributed by atoms with van der Waals surface area (Å²) in [6.07, 6.45) is 1.46. The summed E-state index contributed by atoms with van der Waals surface area (Å²) in [5.74, 6) is -0.265. The number of hydrogen-bond acceptors (Lipinski definition) is 3. The van der Waals surface area contributed by atoms with Gasteiger partial charge >= 0.3 is 5.97 Å². The third kappa shape index (κ3) is 2.27. The first kappa shape index (κ1) is 9.12. The molecule has 0 amide bonds. The maximum absolute atomic E-state index is 10.3. The van der Waals surface area contributed by atoms with Crippen LogP contribution in [0, 0.1) is 6.92 Å². The number of aliphatic carboxylic acids is 1. The van der Waals surface area contributed by atoms with Crippen LogP contribution in [-0.4, -0.2) is 21.0 Å². The van der Waals surface area contributed by atoms with Crippen LogP contribution in [0.25, 0.3) is 0 Å². The lowest BCUT2D eigenvalue weighted by atomic mass is 10.2. The van der Waals surface area contributed by atoms with Crippen LogP contribution in [-0.2, 0) is 11.2 Å². The number of hydrogen-bond donors (Lipinski definition) is 1. The van der Waals surface area contributed by atoms with Gasteiger partial charge in [-0.1, -0.05) is 0 Å². The summed E-state index contributed by atoms with van der Waals surface area (Å²) >= 11 is 3.16. The molecule has 1 aromatic rings. The fraction of sp³-hybridized carbons (Fsp3) is 0.286. The maximum Gasteiger partial charge on any atom is 0.307 e. The topological polar surface area (TPSA) is 63.1 Å². The van der Waals surface area contributed by atoms with Crippen LogP contribution < -0.4 is 0 Å². The molecule has 0 aliphatic rings. The molecule has 0 atom stereocenters. The Morgan fingerprint density at radius 1 is 1.75 bits per heavy atom. The Labute approximate surface area is 77.8 Å². The molecule has 1 rings (SSSR count). The number of aryl methyl sites for hydroxylation is 1. The Bertz CT molecular complexity index is 314. The normalized spacial score (nSPS) is 9.83. The van der Waals surface area contributed by atoms with E-state index < -0.39 is 5.97 Å². The number of carboxylic acids is 1. The average Bonchev–Trinajstić information content (AvgIpc) is 1.94. The smallest absolute Gasteiger partial charge is 0.307 e. The highest BCUT2D eigenvalue weighted by molar-refractivity contribution is 9.10. The Hall–Kier alpha value is -0.970. The Kier molecular flexibility index (Phi) is 2.75. The van der Waals surface area contributed by atoms with Gasteiger partial charge in [0.15, 0.2) is 0 Å². The van der Waals surface area contributed by atoms with E-state index in [0.717, 1.165) is 0 Å². The molecule has 0 spiro atoms. The minimum absolute atomic E-state index is 0.0547. The van der Waals surface area contributed by atoms with E-state index in [0.29, 0.717) is 16.0 Å². The second-order valence-corrected chi connectivity index (χ2v) is 3.05. The molecule has 0 aliphatic heterocycles. The first-order chi connectivity index (χ1) is 5.59. The molecule has 0 unspecified atom stereocenters. The molecule has 0 aliphatic carbocycles. The van der Waals surface area contributed by atoms with Gasteiger partial charge in [0, 0.05) is 11.8 Å². The zero-order valence-electron chi connectivity index (χ0n) is 6.41. The molecule has 5 heteroatoms. The van der Waals surface area contributed by atoms with Crippen LogP contribution in [0.4, 0.5) is 0 Å². The van der Waals surface area contributed by atoms with E-state index >= 15 is 0 Å². The summed E-state index contributed by atoms with van der Waals surface area (Å²) in [4.78, 5) is 18.2. The van der Waals surface area contributed by atoms with Gasteiger partial charge in [0.2, 0.25) is 0 Å². The predicted octanol–water partition coefficient (Wildman–Crippen LogP) is 1.17. The van der Waals surface area contributed by atoms with Crippen molar-refractivity contribution in [3.8, 4) is 0 Å². The van der Waals surface area contributed by atoms with E-state index in [1.54, 1.807) is 6.92 Å². The van der Waals surface area contributed by atoms with Crippen LogP contribution in [0.5, 0.6) is 0 Å². The van der Waals surface area contributed by atoms with Crippen molar-refractivity contribution in [2.24, 2.45) is 0 Å². The molecule has 1 heterocycles. The van der Waals surface area contributed by atoms with E-state index in [1.807, 2.05) is 0 Å². The molecule has 0 saturated heterocycles. The predicted molar refractivity (Wildman–Crippen MR) is 45.8 cm³/mol. The molecule has 64 valence electrons. The second-order valence-electron chi connectivity index (χ2n) is 2.30. The first-order valence-electron chi connectivity index (χ1n) is 3.29. The Morgan fingerprint density at radius 2 is 2.42 bits per heavy atom. The number of rotatable bonds is 2. The van der Waals surface area contributed by atoms with Crippen LogP contribution in [0.3, 0.4) is 0 Å². The van der Waals surface area contributed by atoms with Crippen LogP contribution in [0.2, 0.25) is 0 Å². The lowest BCUT2D eigenvalue weighted by Crippen LogP contribution is -2.03. The quantitative estimate of drug-likeness (QED) is 0.776. The fourth-order valence-electron chi connectivity index (χ4n) is 0.749. The van der Waals surface area contributed by atoms with E-state index in [-0.39, 0.29) is 6.42 Å². The van der Waals surface area contributed by atoms with Crippen LogP contribution >= 0.6 is 15.9 Å². The maximum atomic E-state index is 10.3. The molecule has 0 bridgehead atoms. The lowest BCUT2D eigenvalue weighted by Gasteiger charge is -1.99. The van der Waals surface area contributed by atoms with Gasteiger partial charge in [0.1, 0.15) is 10.4 Å². The van der Waals surface area contributed by atoms with Crippen molar-refractivity contribution >= 4 is 21.9 Å². The van der Waals surface area contributed by atoms with Gasteiger partial charge in [0.25, 0.3) is 0 Å². The van der Waals surface area contributed by atoms with Crippen molar-refractivity contribution in [2.45, 2.75) is 13.3 Å². The fourth-order valence-corrected chi connectivity index (χ4v) is 1.25. The minimum atomic E-state index is -0.886. The molecule has 12 heavy (non-hydrogen) atoms. The number of carbonyl (C=O) groups is 1. The molecule has 0 saturated carbocycles. The SMILES string of the molecule is Cc1ncc(CC(=O)O)c(Br)n1. The molecule has 1 N–H and O–H groups in total. The third-order valence-corrected chi connectivity index (χ3v) is 1.96. The van der Waals surface area contributed by atoms with E-state index in [9.17, 15) is 4.79 Å². The number of carboxylic acid groups (broad SMARTS) is 1. The Morgan fingerprint density at radius 3 is 2.92 bits per heavy atom. The van der Waals surface area contributed by atoms with Gasteiger partial charge in [-0.3, -0.25) is 4.79 Å². The standard InChI is InChI=1S/C7H7BrN2O2/c1-4-9-3-5(2-6(11)12)7(8)10-4/h3H,2H2,1H3,(H,11,12). The zero-order chi connectivity index (χ0) is 9.14.